The summed E-state index contributed by atoms with van der Waals surface area (Å²) in [5.41, 5.74) is 0.813. The number of para-hydroxylation sites is 1. The molecule has 0 spiro atoms. The Hall–Kier alpha value is -2.09. The van der Waals surface area contributed by atoms with Crippen molar-refractivity contribution in [3.63, 3.8) is 0 Å². The summed E-state index contributed by atoms with van der Waals surface area (Å²) in [6.45, 7) is 0.712. The van der Waals surface area contributed by atoms with Crippen molar-refractivity contribution in [2.24, 2.45) is 0 Å². The molecule has 2 rings (SSSR count). The van der Waals surface area contributed by atoms with Gasteiger partial charge in [-0.2, -0.15) is 0 Å². The summed E-state index contributed by atoms with van der Waals surface area (Å²) in [5.74, 6) is 1.14. The average molecular weight is 268 g/mol. The molecule has 0 N–H and O–H groups in total. The van der Waals surface area contributed by atoms with Crippen molar-refractivity contribution in [3.8, 4) is 5.75 Å². The molecule has 0 aliphatic heterocycles. The second-order valence-electron chi connectivity index (χ2n) is 4.76. The van der Waals surface area contributed by atoms with Gasteiger partial charge in [0.05, 0.1) is 6.61 Å². The molecule has 0 amide bonds. The van der Waals surface area contributed by atoms with Crippen LogP contribution in [0.2, 0.25) is 0 Å². The van der Waals surface area contributed by atoms with Gasteiger partial charge in [0.15, 0.2) is 5.78 Å². The van der Waals surface area contributed by atoms with Crippen LogP contribution >= 0.6 is 0 Å². The Morgan fingerprint density at radius 3 is 2.15 bits per heavy atom. The van der Waals surface area contributed by atoms with E-state index >= 15 is 0 Å². The molecule has 2 aromatic rings. The molecule has 0 bridgehead atoms. The zero-order chi connectivity index (χ0) is 14.0. The Balaban J connectivity index is 1.57. The third kappa shape index (κ3) is 4.88. The molecule has 20 heavy (non-hydrogen) atoms. The molecular weight excluding hydrogens is 248 g/mol. The molecule has 0 aliphatic carbocycles. The molecule has 2 heteroatoms. The second kappa shape index (κ2) is 8.16. The molecule has 0 saturated heterocycles. The van der Waals surface area contributed by atoms with Crippen LogP contribution in [0.3, 0.4) is 0 Å². The lowest BCUT2D eigenvalue weighted by Crippen LogP contribution is -2.00. The maximum atomic E-state index is 11.9. The van der Waals surface area contributed by atoms with Gasteiger partial charge < -0.3 is 4.74 Å². The van der Waals surface area contributed by atoms with Gasteiger partial charge in [0.25, 0.3) is 0 Å². The molecule has 0 heterocycles. The van der Waals surface area contributed by atoms with Crippen LogP contribution in [0.4, 0.5) is 0 Å². The monoisotopic (exact) mass is 268 g/mol. The first-order chi connectivity index (χ1) is 9.86. The van der Waals surface area contributed by atoms with Crippen molar-refractivity contribution < 1.29 is 9.53 Å². The van der Waals surface area contributed by atoms with Gasteiger partial charge in [0, 0.05) is 12.0 Å². The zero-order valence-corrected chi connectivity index (χ0v) is 11.6. The summed E-state index contributed by atoms with van der Waals surface area (Å²) in [5, 5.41) is 0. The van der Waals surface area contributed by atoms with Crippen LogP contribution < -0.4 is 4.74 Å². The van der Waals surface area contributed by atoms with Gasteiger partial charge in [-0.25, -0.2) is 0 Å². The molecule has 0 aliphatic rings. The lowest BCUT2D eigenvalue weighted by molar-refractivity contribution is 0.0978. The first-order valence-electron chi connectivity index (χ1n) is 7.12. The van der Waals surface area contributed by atoms with Crippen LogP contribution in [0, 0.1) is 0 Å². The average Bonchev–Trinajstić information content (AvgIpc) is 2.52. The lowest BCUT2D eigenvalue weighted by Gasteiger charge is -2.05. The van der Waals surface area contributed by atoms with Crippen molar-refractivity contribution in [2.75, 3.05) is 6.61 Å². The summed E-state index contributed by atoms with van der Waals surface area (Å²) < 4.78 is 5.61. The van der Waals surface area contributed by atoms with E-state index in [9.17, 15) is 4.79 Å². The highest BCUT2D eigenvalue weighted by Crippen LogP contribution is 2.11. The van der Waals surface area contributed by atoms with E-state index in [1.165, 1.54) is 0 Å². The number of ether oxygens (including phenoxy) is 1. The van der Waals surface area contributed by atoms with Crippen molar-refractivity contribution in [1.82, 2.24) is 0 Å². The van der Waals surface area contributed by atoms with Crippen molar-refractivity contribution in [2.45, 2.75) is 25.7 Å². The van der Waals surface area contributed by atoms with Gasteiger partial charge >= 0.3 is 0 Å². The van der Waals surface area contributed by atoms with E-state index in [0.717, 1.165) is 30.6 Å². The first kappa shape index (κ1) is 14.3. The molecule has 2 nitrogen and oxygen atoms in total. The van der Waals surface area contributed by atoms with E-state index in [4.69, 9.17) is 4.74 Å². The summed E-state index contributed by atoms with van der Waals surface area (Å²) in [7, 11) is 0. The Bertz CT molecular complexity index is 505. The number of benzene rings is 2. The molecule has 2 aromatic carbocycles. The molecule has 0 radical (unpaired) electrons. The fourth-order valence-corrected chi connectivity index (χ4v) is 2.04. The van der Waals surface area contributed by atoms with Gasteiger partial charge in [-0.15, -0.1) is 0 Å². The number of hydrogen-bond acceptors (Lipinski definition) is 2. The van der Waals surface area contributed by atoms with Crippen molar-refractivity contribution in [3.05, 3.63) is 66.2 Å². The summed E-state index contributed by atoms with van der Waals surface area (Å²) >= 11 is 0. The maximum Gasteiger partial charge on any atom is 0.162 e. The second-order valence-corrected chi connectivity index (χ2v) is 4.76. The van der Waals surface area contributed by atoms with E-state index in [-0.39, 0.29) is 5.78 Å². The smallest absolute Gasteiger partial charge is 0.162 e. The van der Waals surface area contributed by atoms with E-state index < -0.39 is 0 Å². The molecule has 0 aromatic heterocycles. The molecule has 0 fully saturated rings. The number of hydrogen-bond donors (Lipinski definition) is 0. The third-order valence-electron chi connectivity index (χ3n) is 3.16. The van der Waals surface area contributed by atoms with Crippen LogP contribution in [0.15, 0.2) is 60.7 Å². The SMILES string of the molecule is O=C(CCCCCOc1ccccc1)c1ccccc1. The van der Waals surface area contributed by atoms with Gasteiger partial charge in [-0.3, -0.25) is 4.79 Å². The Kier molecular flexibility index (Phi) is 5.84. The quantitative estimate of drug-likeness (QED) is 0.520. The number of Topliss-reactive ketones (excluding diaryl/α,β-unsaturated/α-hetero) is 1. The maximum absolute atomic E-state index is 11.9. The molecule has 0 unspecified atom stereocenters. The van der Waals surface area contributed by atoms with E-state index in [0.29, 0.717) is 13.0 Å². The summed E-state index contributed by atoms with van der Waals surface area (Å²) in [6.07, 6.45) is 3.55. The standard InChI is InChI=1S/C18H20O2/c19-18(16-10-4-1-5-11-16)14-8-3-9-15-20-17-12-6-2-7-13-17/h1-2,4-7,10-13H,3,8-9,14-15H2. The highest BCUT2D eigenvalue weighted by molar-refractivity contribution is 5.95. The fraction of sp³-hybridized carbons (Fsp3) is 0.278. The number of unbranched alkanes of at least 4 members (excludes halogenated alkanes) is 2. The topological polar surface area (TPSA) is 26.3 Å². The minimum absolute atomic E-state index is 0.231. The fourth-order valence-electron chi connectivity index (χ4n) is 2.04. The highest BCUT2D eigenvalue weighted by Gasteiger charge is 2.04. The Morgan fingerprint density at radius 1 is 0.800 bits per heavy atom. The van der Waals surface area contributed by atoms with Crippen molar-refractivity contribution in [1.29, 1.82) is 0 Å². The molecule has 104 valence electrons. The molecule has 0 saturated carbocycles. The van der Waals surface area contributed by atoms with Crippen LogP contribution in [0.5, 0.6) is 5.75 Å². The minimum atomic E-state index is 0.231. The summed E-state index contributed by atoms with van der Waals surface area (Å²) in [6, 6.07) is 19.3. The minimum Gasteiger partial charge on any atom is -0.494 e. The largest absolute Gasteiger partial charge is 0.494 e. The molecule has 0 atom stereocenters. The van der Waals surface area contributed by atoms with Gasteiger partial charge in [-0.1, -0.05) is 48.5 Å². The van der Waals surface area contributed by atoms with E-state index in [1.54, 1.807) is 0 Å². The number of ketones is 1. The Labute approximate surface area is 120 Å². The Morgan fingerprint density at radius 2 is 1.45 bits per heavy atom. The van der Waals surface area contributed by atoms with Gasteiger partial charge in [0.2, 0.25) is 0 Å². The predicted octanol–water partition coefficient (Wildman–Crippen LogP) is 4.51. The predicted molar refractivity (Wildman–Crippen MR) is 81.2 cm³/mol. The van der Waals surface area contributed by atoms with E-state index in [1.807, 2.05) is 60.7 Å². The third-order valence-corrected chi connectivity index (χ3v) is 3.16. The van der Waals surface area contributed by atoms with Crippen molar-refractivity contribution >= 4 is 5.78 Å². The molecular formula is C18H20O2. The van der Waals surface area contributed by atoms with Crippen LogP contribution in [-0.2, 0) is 0 Å². The zero-order valence-electron chi connectivity index (χ0n) is 11.6. The lowest BCUT2D eigenvalue weighted by atomic mass is 10.1. The number of rotatable bonds is 8. The van der Waals surface area contributed by atoms with Crippen LogP contribution in [0.1, 0.15) is 36.0 Å². The van der Waals surface area contributed by atoms with Crippen LogP contribution in [0.25, 0.3) is 0 Å². The van der Waals surface area contributed by atoms with Gasteiger partial charge in [-0.05, 0) is 31.4 Å². The highest BCUT2D eigenvalue weighted by atomic mass is 16.5. The van der Waals surface area contributed by atoms with Crippen LogP contribution in [-0.4, -0.2) is 12.4 Å². The number of carbonyl (C=O) groups is 1. The van der Waals surface area contributed by atoms with Gasteiger partial charge in [0.1, 0.15) is 5.75 Å². The normalized spacial score (nSPS) is 10.2. The number of carbonyl (C=O) groups excluding carboxylic acids is 1. The van der Waals surface area contributed by atoms with E-state index in [2.05, 4.69) is 0 Å². The summed E-state index contributed by atoms with van der Waals surface area (Å²) in [4.78, 5) is 11.9. The first-order valence-corrected chi connectivity index (χ1v) is 7.12.